The molecule has 2 aromatic carbocycles. The number of nitrogens with one attached hydrogen (secondary N) is 2. The second-order valence-corrected chi connectivity index (χ2v) is 5.26. The van der Waals surface area contributed by atoms with Gasteiger partial charge in [0.2, 0.25) is 0 Å². The minimum atomic E-state index is -0.495. The van der Waals surface area contributed by atoms with Crippen LogP contribution in [0.2, 0.25) is 0 Å². The van der Waals surface area contributed by atoms with Crippen molar-refractivity contribution in [2.45, 2.75) is 6.92 Å². The number of anilines is 1. The van der Waals surface area contributed by atoms with Gasteiger partial charge in [-0.3, -0.25) is 20.0 Å². The number of aromatic amines is 1. The van der Waals surface area contributed by atoms with Crippen LogP contribution in [-0.2, 0) is 0 Å². The number of hydrogen-bond donors (Lipinski definition) is 2. The van der Waals surface area contributed by atoms with Crippen molar-refractivity contribution in [3.8, 4) is 11.3 Å². The zero-order chi connectivity index (χ0) is 17.1. The fourth-order valence-electron chi connectivity index (χ4n) is 2.30. The van der Waals surface area contributed by atoms with Gasteiger partial charge in [-0.05, 0) is 36.8 Å². The zero-order valence-electron chi connectivity index (χ0n) is 12.8. The number of carbonyl (C=O) groups excluding carboxylic acids is 1. The first kappa shape index (κ1) is 15.4. The minimum absolute atomic E-state index is 0.0720. The Morgan fingerprint density at radius 2 is 1.92 bits per heavy atom. The van der Waals surface area contributed by atoms with Crippen molar-refractivity contribution in [2.75, 3.05) is 5.32 Å². The molecule has 0 unspecified atom stereocenters. The molecule has 0 aliphatic rings. The summed E-state index contributed by atoms with van der Waals surface area (Å²) in [7, 11) is 0. The Labute approximate surface area is 137 Å². The molecule has 0 saturated carbocycles. The first-order valence-corrected chi connectivity index (χ1v) is 7.21. The number of nitro groups is 1. The van der Waals surface area contributed by atoms with Crippen LogP contribution < -0.4 is 5.32 Å². The largest absolute Gasteiger partial charge is 0.322 e. The second kappa shape index (κ2) is 6.33. The van der Waals surface area contributed by atoms with E-state index in [1.807, 2.05) is 18.2 Å². The predicted molar refractivity (Wildman–Crippen MR) is 89.8 cm³/mol. The van der Waals surface area contributed by atoms with Crippen molar-refractivity contribution in [3.63, 3.8) is 0 Å². The Bertz CT molecular complexity index is 887. The van der Waals surface area contributed by atoms with Crippen LogP contribution in [0.15, 0.2) is 54.7 Å². The summed E-state index contributed by atoms with van der Waals surface area (Å²) in [4.78, 5) is 22.7. The lowest BCUT2D eigenvalue weighted by Gasteiger charge is -2.07. The molecule has 0 radical (unpaired) electrons. The van der Waals surface area contributed by atoms with Crippen LogP contribution in [-0.4, -0.2) is 21.0 Å². The van der Waals surface area contributed by atoms with Gasteiger partial charge in [-0.2, -0.15) is 5.10 Å². The van der Waals surface area contributed by atoms with Gasteiger partial charge in [0.1, 0.15) is 0 Å². The van der Waals surface area contributed by atoms with Crippen molar-refractivity contribution in [1.29, 1.82) is 0 Å². The van der Waals surface area contributed by atoms with Crippen molar-refractivity contribution in [1.82, 2.24) is 10.2 Å². The first-order valence-electron chi connectivity index (χ1n) is 7.21. The van der Waals surface area contributed by atoms with Gasteiger partial charge in [0.15, 0.2) is 0 Å². The molecule has 1 aromatic heterocycles. The lowest BCUT2D eigenvalue weighted by atomic mass is 10.1. The van der Waals surface area contributed by atoms with Crippen LogP contribution in [0.1, 0.15) is 15.9 Å². The summed E-state index contributed by atoms with van der Waals surface area (Å²) >= 11 is 0. The topological polar surface area (TPSA) is 101 Å². The van der Waals surface area contributed by atoms with E-state index >= 15 is 0 Å². The van der Waals surface area contributed by atoms with Gasteiger partial charge < -0.3 is 5.32 Å². The molecule has 7 nitrogen and oxygen atoms in total. The number of aromatic nitrogens is 2. The third-order valence-electron chi connectivity index (χ3n) is 3.62. The molecule has 1 heterocycles. The number of aryl methyl sites for hydroxylation is 1. The molecule has 0 aliphatic heterocycles. The Balaban J connectivity index is 1.77. The Kier molecular flexibility index (Phi) is 4.07. The lowest BCUT2D eigenvalue weighted by molar-refractivity contribution is -0.385. The molecule has 7 heteroatoms. The number of rotatable bonds is 4. The average molecular weight is 322 g/mol. The molecule has 0 aliphatic carbocycles. The summed E-state index contributed by atoms with van der Waals surface area (Å²) in [5, 5.41) is 20.4. The second-order valence-electron chi connectivity index (χ2n) is 5.26. The normalized spacial score (nSPS) is 10.4. The molecule has 3 aromatic rings. The Morgan fingerprint density at radius 3 is 2.54 bits per heavy atom. The van der Waals surface area contributed by atoms with E-state index in [9.17, 15) is 14.9 Å². The van der Waals surface area contributed by atoms with Crippen molar-refractivity contribution in [2.24, 2.45) is 0 Å². The van der Waals surface area contributed by atoms with E-state index in [1.54, 1.807) is 37.4 Å². The van der Waals surface area contributed by atoms with Crippen molar-refractivity contribution >= 4 is 17.3 Å². The van der Waals surface area contributed by atoms with Crippen LogP contribution in [0, 0.1) is 17.0 Å². The van der Waals surface area contributed by atoms with E-state index < -0.39 is 10.8 Å². The Hall–Kier alpha value is -3.48. The zero-order valence-corrected chi connectivity index (χ0v) is 12.8. The van der Waals surface area contributed by atoms with Crippen LogP contribution in [0.3, 0.4) is 0 Å². The number of amides is 1. The maximum Gasteiger partial charge on any atom is 0.273 e. The van der Waals surface area contributed by atoms with Gasteiger partial charge in [0.25, 0.3) is 11.6 Å². The summed E-state index contributed by atoms with van der Waals surface area (Å²) in [5.41, 5.74) is 3.10. The summed E-state index contributed by atoms with van der Waals surface area (Å²) in [6.07, 6.45) is 1.66. The lowest BCUT2D eigenvalue weighted by Crippen LogP contribution is -2.12. The van der Waals surface area contributed by atoms with Gasteiger partial charge in [-0.25, -0.2) is 0 Å². The van der Waals surface area contributed by atoms with Gasteiger partial charge in [-0.15, -0.1) is 0 Å². The number of benzene rings is 2. The maximum atomic E-state index is 12.3. The molecule has 0 saturated heterocycles. The van der Waals surface area contributed by atoms with E-state index in [-0.39, 0.29) is 11.3 Å². The SMILES string of the molecule is Cc1ccc(C(=O)Nc2ccc(-c3ccn[nH]3)cc2)cc1[N+](=O)[O-]. The molecule has 3 rings (SSSR count). The highest BCUT2D eigenvalue weighted by Gasteiger charge is 2.15. The monoisotopic (exact) mass is 322 g/mol. The average Bonchev–Trinajstić information content (AvgIpc) is 3.10. The minimum Gasteiger partial charge on any atom is -0.322 e. The third-order valence-corrected chi connectivity index (χ3v) is 3.62. The molecule has 2 N–H and O–H groups in total. The molecule has 0 fully saturated rings. The van der Waals surface area contributed by atoms with E-state index in [2.05, 4.69) is 15.5 Å². The van der Waals surface area contributed by atoms with E-state index in [4.69, 9.17) is 0 Å². The van der Waals surface area contributed by atoms with E-state index in [0.717, 1.165) is 11.3 Å². The number of hydrogen-bond acceptors (Lipinski definition) is 4. The van der Waals surface area contributed by atoms with E-state index in [1.165, 1.54) is 6.07 Å². The quantitative estimate of drug-likeness (QED) is 0.566. The third kappa shape index (κ3) is 3.14. The number of nitrogens with zero attached hydrogens (tertiary/aromatic N) is 2. The van der Waals surface area contributed by atoms with Crippen LogP contribution in [0.25, 0.3) is 11.3 Å². The van der Waals surface area contributed by atoms with Gasteiger partial charge in [0.05, 0.1) is 10.6 Å². The molecule has 1 amide bonds. The molecule has 0 spiro atoms. The van der Waals surface area contributed by atoms with Crippen LogP contribution in [0.5, 0.6) is 0 Å². The highest BCUT2D eigenvalue weighted by atomic mass is 16.6. The fraction of sp³-hybridized carbons (Fsp3) is 0.0588. The number of H-pyrrole nitrogens is 1. The van der Waals surface area contributed by atoms with Gasteiger partial charge in [-0.1, -0.05) is 18.2 Å². The highest BCUT2D eigenvalue weighted by molar-refractivity contribution is 6.04. The van der Waals surface area contributed by atoms with Crippen molar-refractivity contribution in [3.05, 3.63) is 76.0 Å². The van der Waals surface area contributed by atoms with Gasteiger partial charge in [0, 0.05) is 29.1 Å². The molecule has 0 atom stereocenters. The first-order chi connectivity index (χ1) is 11.5. The van der Waals surface area contributed by atoms with Crippen LogP contribution in [0.4, 0.5) is 11.4 Å². The molecule has 24 heavy (non-hydrogen) atoms. The molecule has 120 valence electrons. The maximum absolute atomic E-state index is 12.3. The van der Waals surface area contributed by atoms with Crippen molar-refractivity contribution < 1.29 is 9.72 Å². The molecular formula is C17H14N4O3. The summed E-state index contributed by atoms with van der Waals surface area (Å²) < 4.78 is 0. The van der Waals surface area contributed by atoms with E-state index in [0.29, 0.717) is 11.3 Å². The Morgan fingerprint density at radius 1 is 1.17 bits per heavy atom. The molecule has 0 bridgehead atoms. The highest BCUT2D eigenvalue weighted by Crippen LogP contribution is 2.22. The number of carbonyl (C=O) groups is 1. The summed E-state index contributed by atoms with van der Waals surface area (Å²) in [5.74, 6) is -0.396. The smallest absolute Gasteiger partial charge is 0.273 e. The van der Waals surface area contributed by atoms with Gasteiger partial charge >= 0.3 is 0 Å². The summed E-state index contributed by atoms with van der Waals surface area (Å²) in [6, 6.07) is 13.5. The summed E-state index contributed by atoms with van der Waals surface area (Å²) in [6.45, 7) is 1.63. The predicted octanol–water partition coefficient (Wildman–Crippen LogP) is 3.55. The standard InChI is InChI=1S/C17H14N4O3/c1-11-2-3-13(10-16(11)21(23)24)17(22)19-14-6-4-12(5-7-14)15-8-9-18-20-15/h2-10H,1H3,(H,18,20)(H,19,22). The molecular weight excluding hydrogens is 308 g/mol. The fourth-order valence-corrected chi connectivity index (χ4v) is 2.30. The van der Waals surface area contributed by atoms with Crippen LogP contribution >= 0.6 is 0 Å². The number of nitro benzene ring substituents is 1.